The van der Waals surface area contributed by atoms with E-state index >= 15 is 0 Å². The molecule has 0 radical (unpaired) electrons. The topological polar surface area (TPSA) is 85.6 Å². The summed E-state index contributed by atoms with van der Waals surface area (Å²) < 4.78 is 5.69. The first kappa shape index (κ1) is 14.8. The fourth-order valence-corrected chi connectivity index (χ4v) is 2.29. The van der Waals surface area contributed by atoms with Crippen molar-refractivity contribution in [2.45, 2.75) is 20.3 Å². The van der Waals surface area contributed by atoms with Gasteiger partial charge in [-0.25, -0.2) is 4.79 Å². The van der Waals surface area contributed by atoms with E-state index in [1.54, 1.807) is 6.92 Å². The molecule has 6 heteroatoms. The van der Waals surface area contributed by atoms with Crippen molar-refractivity contribution in [2.75, 3.05) is 7.11 Å². The van der Waals surface area contributed by atoms with Crippen LogP contribution in [0.25, 0.3) is 10.9 Å². The Morgan fingerprint density at radius 2 is 1.95 bits per heavy atom. The minimum absolute atomic E-state index is 0.0495. The molecule has 0 aliphatic rings. The Hall–Kier alpha value is -2.63. The number of hydrogen-bond acceptors (Lipinski definition) is 5. The van der Waals surface area contributed by atoms with Crippen LogP contribution in [0.1, 0.15) is 45.8 Å². The standard InChI is InChI=1S/C15H15NO5/c1-4-12(18)13-10-7-9(15(20)21-3)5-6-11(10)16(8(2)17)14(13)19/h5-7,19H,4H2,1-3H3. The van der Waals surface area contributed by atoms with E-state index < -0.39 is 17.8 Å². The first-order valence-corrected chi connectivity index (χ1v) is 6.42. The maximum absolute atomic E-state index is 12.0. The van der Waals surface area contributed by atoms with Gasteiger partial charge in [0.05, 0.1) is 23.8 Å². The van der Waals surface area contributed by atoms with Gasteiger partial charge in [0.25, 0.3) is 0 Å². The number of fused-ring (bicyclic) bond motifs is 1. The van der Waals surface area contributed by atoms with E-state index in [-0.39, 0.29) is 23.3 Å². The molecule has 1 aromatic heterocycles. The monoisotopic (exact) mass is 289 g/mol. The van der Waals surface area contributed by atoms with Crippen molar-refractivity contribution >= 4 is 28.6 Å². The van der Waals surface area contributed by atoms with Crippen molar-refractivity contribution in [1.29, 1.82) is 0 Å². The van der Waals surface area contributed by atoms with E-state index in [1.807, 2.05) is 0 Å². The molecular weight excluding hydrogens is 274 g/mol. The molecule has 0 aliphatic heterocycles. The van der Waals surface area contributed by atoms with Crippen LogP contribution in [0.5, 0.6) is 5.88 Å². The summed E-state index contributed by atoms with van der Waals surface area (Å²) in [5, 5.41) is 10.5. The largest absolute Gasteiger partial charge is 0.494 e. The number of hydrogen-bond donors (Lipinski definition) is 1. The number of carbonyl (C=O) groups is 3. The summed E-state index contributed by atoms with van der Waals surface area (Å²) >= 11 is 0. The number of methoxy groups -OCH3 is 1. The predicted molar refractivity (Wildman–Crippen MR) is 75.9 cm³/mol. The molecule has 0 fully saturated rings. The molecule has 21 heavy (non-hydrogen) atoms. The van der Waals surface area contributed by atoms with Crippen LogP contribution in [-0.4, -0.2) is 34.4 Å². The lowest BCUT2D eigenvalue weighted by Gasteiger charge is -2.02. The van der Waals surface area contributed by atoms with Gasteiger partial charge in [0.2, 0.25) is 11.8 Å². The normalized spacial score (nSPS) is 10.6. The van der Waals surface area contributed by atoms with Gasteiger partial charge in [0.15, 0.2) is 5.78 Å². The number of aromatic nitrogens is 1. The second-order valence-corrected chi connectivity index (χ2v) is 4.55. The van der Waals surface area contributed by atoms with E-state index in [4.69, 9.17) is 0 Å². The van der Waals surface area contributed by atoms with Gasteiger partial charge in [-0.05, 0) is 18.2 Å². The second-order valence-electron chi connectivity index (χ2n) is 4.55. The van der Waals surface area contributed by atoms with Crippen LogP contribution < -0.4 is 0 Å². The van der Waals surface area contributed by atoms with Crippen molar-refractivity contribution in [3.8, 4) is 5.88 Å². The summed E-state index contributed by atoms with van der Waals surface area (Å²) in [5.74, 6) is -1.67. The first-order chi connectivity index (χ1) is 9.92. The molecule has 0 aliphatic carbocycles. The lowest BCUT2D eigenvalue weighted by molar-refractivity contribution is 0.0600. The Morgan fingerprint density at radius 3 is 2.48 bits per heavy atom. The molecule has 0 spiro atoms. The number of benzene rings is 1. The van der Waals surface area contributed by atoms with Crippen molar-refractivity contribution < 1.29 is 24.2 Å². The Balaban J connectivity index is 2.85. The van der Waals surface area contributed by atoms with Gasteiger partial charge < -0.3 is 9.84 Å². The first-order valence-electron chi connectivity index (χ1n) is 6.42. The number of rotatable bonds is 3. The van der Waals surface area contributed by atoms with E-state index in [2.05, 4.69) is 4.74 Å². The van der Waals surface area contributed by atoms with Gasteiger partial charge in [-0.15, -0.1) is 0 Å². The number of Topliss-reactive ketones (excluding diaryl/α,β-unsaturated/α-hetero) is 1. The summed E-state index contributed by atoms with van der Waals surface area (Å²) in [6.07, 6.45) is 0.174. The number of carbonyl (C=O) groups excluding carboxylic acids is 3. The third kappa shape index (κ3) is 2.29. The van der Waals surface area contributed by atoms with Crippen molar-refractivity contribution in [3.05, 3.63) is 29.3 Å². The van der Waals surface area contributed by atoms with E-state index in [0.29, 0.717) is 10.9 Å². The molecule has 1 aromatic carbocycles. The van der Waals surface area contributed by atoms with Crippen LogP contribution >= 0.6 is 0 Å². The highest BCUT2D eigenvalue weighted by Crippen LogP contribution is 2.33. The molecule has 0 saturated heterocycles. The molecule has 0 unspecified atom stereocenters. The summed E-state index contributed by atoms with van der Waals surface area (Å²) in [6.45, 7) is 2.94. The smallest absolute Gasteiger partial charge is 0.337 e. The number of ketones is 1. The average Bonchev–Trinajstić information content (AvgIpc) is 2.76. The van der Waals surface area contributed by atoms with Gasteiger partial charge in [0.1, 0.15) is 0 Å². The fraction of sp³-hybridized carbons (Fsp3) is 0.267. The van der Waals surface area contributed by atoms with Gasteiger partial charge in [-0.3, -0.25) is 14.2 Å². The number of esters is 1. The highest BCUT2D eigenvalue weighted by atomic mass is 16.5. The molecule has 0 amide bonds. The molecule has 110 valence electrons. The van der Waals surface area contributed by atoms with Crippen molar-refractivity contribution in [2.24, 2.45) is 0 Å². The Labute approximate surface area is 120 Å². The van der Waals surface area contributed by atoms with Crippen LogP contribution in [0.2, 0.25) is 0 Å². The third-order valence-corrected chi connectivity index (χ3v) is 3.28. The molecule has 2 rings (SSSR count). The summed E-state index contributed by atoms with van der Waals surface area (Å²) in [4.78, 5) is 35.3. The summed E-state index contributed by atoms with van der Waals surface area (Å²) in [7, 11) is 1.25. The maximum atomic E-state index is 12.0. The Morgan fingerprint density at radius 1 is 1.29 bits per heavy atom. The Bertz CT molecular complexity index is 757. The van der Waals surface area contributed by atoms with Crippen molar-refractivity contribution in [3.63, 3.8) is 0 Å². The fourth-order valence-electron chi connectivity index (χ4n) is 2.29. The van der Waals surface area contributed by atoms with Crippen LogP contribution in [-0.2, 0) is 4.74 Å². The van der Waals surface area contributed by atoms with E-state index in [9.17, 15) is 19.5 Å². The zero-order valence-electron chi connectivity index (χ0n) is 12.0. The quantitative estimate of drug-likeness (QED) is 0.692. The lowest BCUT2D eigenvalue weighted by Crippen LogP contribution is -2.05. The molecule has 6 nitrogen and oxygen atoms in total. The zero-order valence-corrected chi connectivity index (χ0v) is 12.0. The molecule has 0 bridgehead atoms. The van der Waals surface area contributed by atoms with Crippen LogP contribution in [0, 0.1) is 0 Å². The highest BCUT2D eigenvalue weighted by Gasteiger charge is 2.24. The van der Waals surface area contributed by atoms with Gasteiger partial charge in [0, 0.05) is 18.7 Å². The van der Waals surface area contributed by atoms with Gasteiger partial charge in [-0.2, -0.15) is 0 Å². The average molecular weight is 289 g/mol. The summed E-state index contributed by atoms with van der Waals surface area (Å²) in [6, 6.07) is 4.44. The van der Waals surface area contributed by atoms with Crippen LogP contribution in [0.15, 0.2) is 18.2 Å². The SMILES string of the molecule is CCC(=O)c1c(O)n(C(C)=O)c2ccc(C(=O)OC)cc12. The third-order valence-electron chi connectivity index (χ3n) is 3.28. The zero-order chi connectivity index (χ0) is 15.7. The minimum atomic E-state index is -0.554. The van der Waals surface area contributed by atoms with Crippen LogP contribution in [0.3, 0.4) is 0 Å². The molecular formula is C15H15NO5. The van der Waals surface area contributed by atoms with Gasteiger partial charge in [-0.1, -0.05) is 6.92 Å². The van der Waals surface area contributed by atoms with Gasteiger partial charge >= 0.3 is 5.97 Å². The number of aromatic hydroxyl groups is 1. The maximum Gasteiger partial charge on any atom is 0.337 e. The second kappa shape index (κ2) is 5.40. The van der Waals surface area contributed by atoms with E-state index in [1.165, 1.54) is 32.2 Å². The minimum Gasteiger partial charge on any atom is -0.494 e. The van der Waals surface area contributed by atoms with E-state index in [0.717, 1.165) is 4.57 Å². The van der Waals surface area contributed by atoms with Crippen molar-refractivity contribution in [1.82, 2.24) is 4.57 Å². The molecule has 1 heterocycles. The van der Waals surface area contributed by atoms with Crippen LogP contribution in [0.4, 0.5) is 0 Å². The highest BCUT2D eigenvalue weighted by molar-refractivity contribution is 6.14. The Kier molecular flexibility index (Phi) is 3.80. The lowest BCUT2D eigenvalue weighted by atomic mass is 10.0. The molecule has 2 aromatic rings. The molecule has 1 N–H and O–H groups in total. The number of ether oxygens (including phenoxy) is 1. The predicted octanol–water partition coefficient (Wildman–Crippen LogP) is 2.39. The molecule has 0 atom stereocenters. The summed E-state index contributed by atoms with van der Waals surface area (Å²) in [5.41, 5.74) is 0.675. The molecule has 0 saturated carbocycles. The number of nitrogens with zero attached hydrogens (tertiary/aromatic N) is 1.